The van der Waals surface area contributed by atoms with Gasteiger partial charge in [-0.1, -0.05) is 5.16 Å². The molecule has 1 aromatic rings. The molecule has 2 fully saturated rings. The van der Waals surface area contributed by atoms with E-state index >= 15 is 0 Å². The third-order valence-electron chi connectivity index (χ3n) is 3.45. The van der Waals surface area contributed by atoms with Crippen LogP contribution in [0.1, 0.15) is 41.4 Å². The van der Waals surface area contributed by atoms with Crippen molar-refractivity contribution in [2.45, 2.75) is 25.2 Å². The van der Waals surface area contributed by atoms with Gasteiger partial charge in [0.05, 0.1) is 0 Å². The Morgan fingerprint density at radius 3 is 3.12 bits per heavy atom. The Balaban J connectivity index is 1.53. The lowest BCUT2D eigenvalue weighted by Crippen LogP contribution is -2.30. The predicted molar refractivity (Wildman–Crippen MR) is 61.8 cm³/mol. The normalized spacial score (nSPS) is 23.9. The number of carbonyl (C=O) groups excluding carboxylic acids is 1. The molecule has 2 heterocycles. The Morgan fingerprint density at radius 1 is 1.53 bits per heavy atom. The van der Waals surface area contributed by atoms with Crippen molar-refractivity contribution in [2.24, 2.45) is 5.92 Å². The summed E-state index contributed by atoms with van der Waals surface area (Å²) < 4.78 is 5.16. The lowest BCUT2D eigenvalue weighted by Gasteiger charge is -2.08. The van der Waals surface area contributed by atoms with E-state index in [-0.39, 0.29) is 5.91 Å². The first-order valence-electron chi connectivity index (χ1n) is 6.28. The number of carbonyl (C=O) groups is 1. The van der Waals surface area contributed by atoms with E-state index in [4.69, 9.17) is 4.52 Å². The molecule has 1 aliphatic carbocycles. The van der Waals surface area contributed by atoms with Gasteiger partial charge in [0.2, 0.25) is 0 Å². The molecular weight excluding hydrogens is 218 g/mol. The molecule has 0 aromatic carbocycles. The molecule has 92 valence electrons. The van der Waals surface area contributed by atoms with Crippen molar-refractivity contribution in [1.29, 1.82) is 0 Å². The van der Waals surface area contributed by atoms with Gasteiger partial charge in [0.15, 0.2) is 5.69 Å². The number of hydrogen-bond donors (Lipinski definition) is 2. The standard InChI is InChI=1S/C12H17N3O2/c16-12(14-7-8-3-4-13-6-8)10-5-11(17-15-10)9-1-2-9/h5,8-9,13H,1-4,6-7H2,(H,14,16)/t8-/m0/s1. The minimum atomic E-state index is -0.118. The van der Waals surface area contributed by atoms with Crippen LogP contribution in [-0.2, 0) is 0 Å². The fourth-order valence-corrected chi connectivity index (χ4v) is 2.17. The summed E-state index contributed by atoms with van der Waals surface area (Å²) in [6.45, 7) is 2.76. The molecule has 5 heteroatoms. The molecule has 1 saturated heterocycles. The van der Waals surface area contributed by atoms with Gasteiger partial charge in [-0.15, -0.1) is 0 Å². The second-order valence-corrected chi connectivity index (χ2v) is 4.96. The maximum absolute atomic E-state index is 11.8. The largest absolute Gasteiger partial charge is 0.360 e. The van der Waals surface area contributed by atoms with Crippen molar-refractivity contribution in [3.8, 4) is 0 Å². The molecule has 2 aliphatic rings. The van der Waals surface area contributed by atoms with Crippen LogP contribution in [0.4, 0.5) is 0 Å². The van der Waals surface area contributed by atoms with Crippen LogP contribution in [-0.4, -0.2) is 30.7 Å². The lowest BCUT2D eigenvalue weighted by molar-refractivity contribution is 0.0939. The van der Waals surface area contributed by atoms with E-state index in [1.54, 1.807) is 6.07 Å². The SMILES string of the molecule is O=C(NC[C@H]1CCNC1)c1cc(C2CC2)on1. The zero-order chi connectivity index (χ0) is 11.7. The average Bonchev–Trinajstić information content (AvgIpc) is 2.88. The number of nitrogens with zero attached hydrogens (tertiary/aromatic N) is 1. The summed E-state index contributed by atoms with van der Waals surface area (Å²) in [6.07, 6.45) is 3.44. The van der Waals surface area contributed by atoms with Crippen LogP contribution in [0.5, 0.6) is 0 Å². The third-order valence-corrected chi connectivity index (χ3v) is 3.45. The Hall–Kier alpha value is -1.36. The van der Waals surface area contributed by atoms with Crippen LogP contribution in [0.2, 0.25) is 0 Å². The van der Waals surface area contributed by atoms with Gasteiger partial charge in [0.1, 0.15) is 5.76 Å². The summed E-state index contributed by atoms with van der Waals surface area (Å²) >= 11 is 0. The fraction of sp³-hybridized carbons (Fsp3) is 0.667. The van der Waals surface area contributed by atoms with Gasteiger partial charge >= 0.3 is 0 Å². The van der Waals surface area contributed by atoms with E-state index in [2.05, 4.69) is 15.8 Å². The Labute approximate surface area is 99.9 Å². The summed E-state index contributed by atoms with van der Waals surface area (Å²) in [5.74, 6) is 1.79. The molecule has 0 unspecified atom stereocenters. The highest BCUT2D eigenvalue weighted by Crippen LogP contribution is 2.40. The van der Waals surface area contributed by atoms with E-state index in [9.17, 15) is 4.79 Å². The Bertz CT molecular complexity index is 406. The Morgan fingerprint density at radius 2 is 2.41 bits per heavy atom. The lowest BCUT2D eigenvalue weighted by atomic mass is 10.1. The molecule has 0 spiro atoms. The van der Waals surface area contributed by atoms with E-state index in [1.165, 1.54) is 0 Å². The smallest absolute Gasteiger partial charge is 0.273 e. The van der Waals surface area contributed by atoms with Crippen molar-refractivity contribution in [1.82, 2.24) is 15.8 Å². The maximum Gasteiger partial charge on any atom is 0.273 e. The minimum absolute atomic E-state index is 0.118. The maximum atomic E-state index is 11.8. The fourth-order valence-electron chi connectivity index (χ4n) is 2.17. The zero-order valence-corrected chi connectivity index (χ0v) is 9.74. The van der Waals surface area contributed by atoms with Crippen LogP contribution in [0, 0.1) is 5.92 Å². The number of amides is 1. The minimum Gasteiger partial charge on any atom is -0.360 e. The second kappa shape index (κ2) is 4.49. The van der Waals surface area contributed by atoms with Crippen molar-refractivity contribution in [3.63, 3.8) is 0 Å². The Kier molecular flexibility index (Phi) is 2.84. The van der Waals surface area contributed by atoms with Crippen LogP contribution < -0.4 is 10.6 Å². The summed E-state index contributed by atoms with van der Waals surface area (Å²) in [6, 6.07) is 1.78. The second-order valence-electron chi connectivity index (χ2n) is 4.96. The van der Waals surface area contributed by atoms with Gasteiger partial charge < -0.3 is 15.2 Å². The molecule has 3 rings (SSSR count). The first kappa shape index (κ1) is 10.8. The third kappa shape index (κ3) is 2.49. The summed E-state index contributed by atoms with van der Waals surface area (Å²) in [5, 5.41) is 10.0. The highest BCUT2D eigenvalue weighted by atomic mass is 16.5. The summed E-state index contributed by atoms with van der Waals surface area (Å²) in [7, 11) is 0. The quantitative estimate of drug-likeness (QED) is 0.813. The van der Waals surface area contributed by atoms with Crippen LogP contribution in [0.15, 0.2) is 10.6 Å². The number of aromatic nitrogens is 1. The summed E-state index contributed by atoms with van der Waals surface area (Å²) in [4.78, 5) is 11.8. The van der Waals surface area contributed by atoms with Gasteiger partial charge in [0, 0.05) is 18.5 Å². The van der Waals surface area contributed by atoms with Crippen LogP contribution >= 0.6 is 0 Å². The van der Waals surface area contributed by atoms with Gasteiger partial charge in [-0.05, 0) is 38.3 Å². The molecule has 1 amide bonds. The molecule has 1 atom stereocenters. The first-order chi connectivity index (χ1) is 8.33. The molecule has 1 saturated carbocycles. The first-order valence-corrected chi connectivity index (χ1v) is 6.28. The molecule has 2 N–H and O–H groups in total. The van der Waals surface area contributed by atoms with Crippen LogP contribution in [0.25, 0.3) is 0 Å². The molecule has 5 nitrogen and oxygen atoms in total. The molecule has 0 bridgehead atoms. The van der Waals surface area contributed by atoms with E-state index < -0.39 is 0 Å². The molecule has 0 radical (unpaired) electrons. The zero-order valence-electron chi connectivity index (χ0n) is 9.74. The van der Waals surface area contributed by atoms with Gasteiger partial charge in [-0.25, -0.2) is 0 Å². The van der Waals surface area contributed by atoms with E-state index in [0.717, 1.165) is 44.7 Å². The van der Waals surface area contributed by atoms with E-state index in [1.807, 2.05) is 0 Å². The number of hydrogen-bond acceptors (Lipinski definition) is 4. The molecule has 17 heavy (non-hydrogen) atoms. The van der Waals surface area contributed by atoms with Gasteiger partial charge in [0.25, 0.3) is 5.91 Å². The van der Waals surface area contributed by atoms with E-state index in [0.29, 0.717) is 17.5 Å². The highest BCUT2D eigenvalue weighted by Gasteiger charge is 2.29. The van der Waals surface area contributed by atoms with Crippen molar-refractivity contribution >= 4 is 5.91 Å². The van der Waals surface area contributed by atoms with Gasteiger partial charge in [-0.2, -0.15) is 0 Å². The van der Waals surface area contributed by atoms with Crippen molar-refractivity contribution in [2.75, 3.05) is 19.6 Å². The number of nitrogens with one attached hydrogen (secondary N) is 2. The average molecular weight is 235 g/mol. The molecule has 1 aliphatic heterocycles. The van der Waals surface area contributed by atoms with Gasteiger partial charge in [-0.3, -0.25) is 4.79 Å². The van der Waals surface area contributed by atoms with Crippen molar-refractivity contribution < 1.29 is 9.32 Å². The predicted octanol–water partition coefficient (Wildman–Crippen LogP) is 0.891. The van der Waals surface area contributed by atoms with Crippen molar-refractivity contribution in [3.05, 3.63) is 17.5 Å². The monoisotopic (exact) mass is 235 g/mol. The van der Waals surface area contributed by atoms with Crippen LogP contribution in [0.3, 0.4) is 0 Å². The summed E-state index contributed by atoms with van der Waals surface area (Å²) in [5.41, 5.74) is 0.415. The topological polar surface area (TPSA) is 67.2 Å². The number of rotatable bonds is 4. The molecular formula is C12H17N3O2. The highest BCUT2D eigenvalue weighted by molar-refractivity contribution is 5.92. The molecule has 1 aromatic heterocycles.